The van der Waals surface area contributed by atoms with Gasteiger partial charge in [0.25, 0.3) is 0 Å². The number of hydrogen-bond acceptors (Lipinski definition) is 3. The standard InChI is InChI=1S/C19H19ClFN3O3/c20-14-2-1-3-16(12-14)24-10-9-23(19(24)26)13-18(25)22-8-11-27-17-6-4-15(21)5-7-17/h1-7,12H,8-11,13H2,(H,22,25). The van der Waals surface area contributed by atoms with Crippen LogP contribution in [0.2, 0.25) is 5.02 Å². The summed E-state index contributed by atoms with van der Waals surface area (Å²) in [6.45, 7) is 1.48. The first-order valence-corrected chi connectivity index (χ1v) is 8.88. The third kappa shape index (κ3) is 5.10. The Hall–Kier alpha value is -2.80. The Kier molecular flexibility index (Phi) is 6.13. The molecule has 0 atom stereocenters. The van der Waals surface area contributed by atoms with E-state index in [-0.39, 0.29) is 37.5 Å². The summed E-state index contributed by atoms with van der Waals surface area (Å²) in [5, 5.41) is 3.26. The molecule has 3 rings (SSSR count). The second-order valence-corrected chi connectivity index (χ2v) is 6.42. The SMILES string of the molecule is O=C(CN1CCN(c2cccc(Cl)c2)C1=O)NCCOc1ccc(F)cc1. The molecule has 0 unspecified atom stereocenters. The second-order valence-electron chi connectivity index (χ2n) is 5.99. The van der Waals surface area contributed by atoms with E-state index >= 15 is 0 Å². The van der Waals surface area contributed by atoms with E-state index in [0.29, 0.717) is 29.5 Å². The molecule has 0 aliphatic carbocycles. The maximum absolute atomic E-state index is 12.8. The maximum atomic E-state index is 12.8. The van der Waals surface area contributed by atoms with Crippen molar-refractivity contribution < 1.29 is 18.7 Å². The van der Waals surface area contributed by atoms with Gasteiger partial charge >= 0.3 is 6.03 Å². The molecule has 1 aliphatic heterocycles. The molecule has 0 bridgehead atoms. The number of halogens is 2. The van der Waals surface area contributed by atoms with Gasteiger partial charge in [0.2, 0.25) is 5.91 Å². The number of benzene rings is 2. The summed E-state index contributed by atoms with van der Waals surface area (Å²) in [6.07, 6.45) is 0. The van der Waals surface area contributed by atoms with E-state index in [4.69, 9.17) is 16.3 Å². The topological polar surface area (TPSA) is 61.9 Å². The van der Waals surface area contributed by atoms with Crippen LogP contribution in [0.4, 0.5) is 14.9 Å². The lowest BCUT2D eigenvalue weighted by Gasteiger charge is -2.18. The molecule has 8 heteroatoms. The summed E-state index contributed by atoms with van der Waals surface area (Å²) in [5.74, 6) is -0.0747. The number of nitrogens with one attached hydrogen (secondary N) is 1. The minimum Gasteiger partial charge on any atom is -0.492 e. The van der Waals surface area contributed by atoms with E-state index < -0.39 is 0 Å². The van der Waals surface area contributed by atoms with E-state index in [2.05, 4.69) is 5.32 Å². The van der Waals surface area contributed by atoms with Crippen LogP contribution in [0, 0.1) is 5.82 Å². The average Bonchev–Trinajstić information content (AvgIpc) is 3.01. The van der Waals surface area contributed by atoms with Crippen molar-refractivity contribution in [3.8, 4) is 5.75 Å². The Labute approximate surface area is 161 Å². The van der Waals surface area contributed by atoms with E-state index in [1.165, 1.54) is 29.2 Å². The molecule has 27 heavy (non-hydrogen) atoms. The predicted octanol–water partition coefficient (Wildman–Crippen LogP) is 2.92. The fraction of sp³-hybridized carbons (Fsp3) is 0.263. The Morgan fingerprint density at radius 1 is 1.19 bits per heavy atom. The molecule has 1 fully saturated rings. The molecule has 1 aliphatic rings. The summed E-state index contributed by atoms with van der Waals surface area (Å²) < 4.78 is 18.2. The number of carbonyl (C=O) groups excluding carboxylic acids is 2. The van der Waals surface area contributed by atoms with E-state index in [9.17, 15) is 14.0 Å². The summed E-state index contributed by atoms with van der Waals surface area (Å²) in [7, 11) is 0. The minimum absolute atomic E-state index is 0.0214. The number of amides is 3. The molecule has 0 spiro atoms. The minimum atomic E-state index is -0.335. The van der Waals surface area contributed by atoms with Crippen LogP contribution in [0.3, 0.4) is 0 Å². The maximum Gasteiger partial charge on any atom is 0.325 e. The van der Waals surface area contributed by atoms with Gasteiger partial charge in [0, 0.05) is 23.8 Å². The molecular formula is C19H19ClFN3O3. The van der Waals surface area contributed by atoms with Crippen molar-refractivity contribution in [2.75, 3.05) is 37.7 Å². The lowest BCUT2D eigenvalue weighted by atomic mass is 10.3. The lowest BCUT2D eigenvalue weighted by Crippen LogP contribution is -2.41. The van der Waals surface area contributed by atoms with Gasteiger partial charge in [0.05, 0.1) is 6.54 Å². The Morgan fingerprint density at radius 3 is 2.70 bits per heavy atom. The van der Waals surface area contributed by atoms with Crippen LogP contribution < -0.4 is 15.0 Å². The molecule has 1 saturated heterocycles. The quantitative estimate of drug-likeness (QED) is 0.738. The van der Waals surface area contributed by atoms with Crippen molar-refractivity contribution in [2.45, 2.75) is 0 Å². The number of carbonyl (C=O) groups is 2. The Balaban J connectivity index is 1.41. The summed E-state index contributed by atoms with van der Waals surface area (Å²) in [5.41, 5.74) is 0.711. The van der Waals surface area contributed by atoms with Crippen LogP contribution in [0.1, 0.15) is 0 Å². The predicted molar refractivity (Wildman–Crippen MR) is 101 cm³/mol. The Bertz CT molecular complexity index is 816. The van der Waals surface area contributed by atoms with Crippen molar-refractivity contribution in [3.63, 3.8) is 0 Å². The molecule has 1 heterocycles. The van der Waals surface area contributed by atoms with Crippen LogP contribution >= 0.6 is 11.6 Å². The highest BCUT2D eigenvalue weighted by molar-refractivity contribution is 6.30. The smallest absolute Gasteiger partial charge is 0.325 e. The number of urea groups is 1. The molecule has 142 valence electrons. The highest BCUT2D eigenvalue weighted by Crippen LogP contribution is 2.23. The normalized spacial score (nSPS) is 13.8. The van der Waals surface area contributed by atoms with Crippen LogP contribution in [-0.2, 0) is 4.79 Å². The van der Waals surface area contributed by atoms with Gasteiger partial charge < -0.3 is 15.0 Å². The summed E-state index contributed by atoms with van der Waals surface area (Å²) >= 11 is 5.97. The zero-order chi connectivity index (χ0) is 19.2. The number of nitrogens with zero attached hydrogens (tertiary/aromatic N) is 2. The van der Waals surface area contributed by atoms with Gasteiger partial charge in [-0.25, -0.2) is 9.18 Å². The zero-order valence-electron chi connectivity index (χ0n) is 14.5. The first kappa shape index (κ1) is 19.0. The number of anilines is 1. The van der Waals surface area contributed by atoms with Crippen molar-refractivity contribution in [1.82, 2.24) is 10.2 Å². The van der Waals surface area contributed by atoms with Crippen molar-refractivity contribution >= 4 is 29.2 Å². The first-order valence-electron chi connectivity index (χ1n) is 8.50. The van der Waals surface area contributed by atoms with E-state index in [0.717, 1.165) is 0 Å². The lowest BCUT2D eigenvalue weighted by molar-refractivity contribution is -0.121. The third-order valence-electron chi connectivity index (χ3n) is 4.06. The molecule has 0 aromatic heterocycles. The van der Waals surface area contributed by atoms with Gasteiger partial charge in [-0.05, 0) is 42.5 Å². The summed E-state index contributed by atoms with van der Waals surface area (Å²) in [4.78, 5) is 27.6. The van der Waals surface area contributed by atoms with Gasteiger partial charge in [-0.3, -0.25) is 9.69 Å². The van der Waals surface area contributed by atoms with Gasteiger partial charge in [-0.1, -0.05) is 17.7 Å². The molecule has 0 radical (unpaired) electrons. The van der Waals surface area contributed by atoms with Crippen LogP contribution in [0.25, 0.3) is 0 Å². The third-order valence-corrected chi connectivity index (χ3v) is 4.29. The fourth-order valence-electron chi connectivity index (χ4n) is 2.73. The average molecular weight is 392 g/mol. The largest absolute Gasteiger partial charge is 0.492 e. The molecule has 2 aromatic carbocycles. The Morgan fingerprint density at radius 2 is 1.96 bits per heavy atom. The van der Waals surface area contributed by atoms with Gasteiger partial charge in [0.15, 0.2) is 0 Å². The van der Waals surface area contributed by atoms with E-state index in [1.807, 2.05) is 0 Å². The van der Waals surface area contributed by atoms with Crippen LogP contribution in [-0.4, -0.2) is 49.6 Å². The van der Waals surface area contributed by atoms with Gasteiger partial charge in [0.1, 0.15) is 24.7 Å². The summed E-state index contributed by atoms with van der Waals surface area (Å²) in [6, 6.07) is 12.5. The van der Waals surface area contributed by atoms with Gasteiger partial charge in [-0.15, -0.1) is 0 Å². The van der Waals surface area contributed by atoms with Crippen LogP contribution in [0.15, 0.2) is 48.5 Å². The highest BCUT2D eigenvalue weighted by atomic mass is 35.5. The molecule has 3 amide bonds. The molecule has 1 N–H and O–H groups in total. The number of ether oxygens (including phenoxy) is 1. The van der Waals surface area contributed by atoms with Crippen molar-refractivity contribution in [1.29, 1.82) is 0 Å². The first-order chi connectivity index (χ1) is 13.0. The second kappa shape index (κ2) is 8.73. The zero-order valence-corrected chi connectivity index (χ0v) is 15.3. The number of hydrogen-bond donors (Lipinski definition) is 1. The number of rotatable bonds is 7. The molecule has 0 saturated carbocycles. The fourth-order valence-corrected chi connectivity index (χ4v) is 2.92. The monoisotopic (exact) mass is 391 g/mol. The molecule has 2 aromatic rings. The molecule has 6 nitrogen and oxygen atoms in total. The molecular weight excluding hydrogens is 373 g/mol. The van der Waals surface area contributed by atoms with Crippen molar-refractivity contribution in [2.24, 2.45) is 0 Å². The van der Waals surface area contributed by atoms with Crippen LogP contribution in [0.5, 0.6) is 5.75 Å². The van der Waals surface area contributed by atoms with E-state index in [1.54, 1.807) is 29.2 Å². The van der Waals surface area contributed by atoms with Crippen molar-refractivity contribution in [3.05, 3.63) is 59.4 Å². The van der Waals surface area contributed by atoms with Gasteiger partial charge in [-0.2, -0.15) is 0 Å². The highest BCUT2D eigenvalue weighted by Gasteiger charge is 2.30.